The first-order chi connectivity index (χ1) is 9.75. The number of carbonyl (C=O) groups is 1. The first-order valence-electron chi connectivity index (χ1n) is 7.43. The molecular weight excluding hydrogens is 304 g/mol. The van der Waals surface area contributed by atoms with Crippen molar-refractivity contribution in [2.45, 2.75) is 18.6 Å². The highest BCUT2D eigenvalue weighted by molar-refractivity contribution is 7.99. The molecule has 2 heterocycles. The van der Waals surface area contributed by atoms with Crippen molar-refractivity contribution < 1.29 is 4.79 Å². The molecule has 1 saturated heterocycles. The van der Waals surface area contributed by atoms with Gasteiger partial charge in [-0.25, -0.2) is 0 Å². The van der Waals surface area contributed by atoms with Crippen LogP contribution in [-0.4, -0.2) is 31.3 Å². The van der Waals surface area contributed by atoms with E-state index in [-0.39, 0.29) is 24.2 Å². The second-order valence-electron chi connectivity index (χ2n) is 5.76. The van der Waals surface area contributed by atoms with Gasteiger partial charge in [0.1, 0.15) is 0 Å². The summed E-state index contributed by atoms with van der Waals surface area (Å²) in [4.78, 5) is 12.2. The Morgan fingerprint density at radius 3 is 2.90 bits per heavy atom. The van der Waals surface area contributed by atoms with Crippen LogP contribution in [0.4, 0.5) is 0 Å². The van der Waals surface area contributed by atoms with E-state index in [1.54, 1.807) is 0 Å². The lowest BCUT2D eigenvalue weighted by atomic mass is 9.88. The molecule has 3 nitrogen and oxygen atoms in total. The minimum Gasteiger partial charge on any atom is -0.354 e. The van der Waals surface area contributed by atoms with Gasteiger partial charge in [-0.1, -0.05) is 31.2 Å². The van der Waals surface area contributed by atoms with Crippen molar-refractivity contribution in [3.05, 3.63) is 35.4 Å². The molecule has 0 bridgehead atoms. The molecule has 1 aromatic rings. The number of aryl methyl sites for hydroxylation is 1. The van der Waals surface area contributed by atoms with Crippen LogP contribution in [0.25, 0.3) is 0 Å². The fourth-order valence-electron chi connectivity index (χ4n) is 2.88. The van der Waals surface area contributed by atoms with Gasteiger partial charge in [0.15, 0.2) is 0 Å². The first kappa shape index (κ1) is 16.7. The molecule has 2 atom stereocenters. The average molecular weight is 327 g/mol. The van der Waals surface area contributed by atoms with Crippen molar-refractivity contribution in [1.29, 1.82) is 0 Å². The lowest BCUT2D eigenvalue weighted by Crippen LogP contribution is -2.50. The second-order valence-corrected chi connectivity index (χ2v) is 7.07. The highest BCUT2D eigenvalue weighted by Crippen LogP contribution is 2.36. The zero-order valence-corrected chi connectivity index (χ0v) is 13.9. The number of thioether (sulfide) groups is 1. The largest absolute Gasteiger partial charge is 0.354 e. The Morgan fingerprint density at radius 1 is 1.43 bits per heavy atom. The van der Waals surface area contributed by atoms with Crippen LogP contribution in [0.2, 0.25) is 0 Å². The molecule has 5 heteroatoms. The minimum atomic E-state index is 0. The highest BCUT2D eigenvalue weighted by atomic mass is 35.5. The van der Waals surface area contributed by atoms with Crippen molar-refractivity contribution in [3.63, 3.8) is 0 Å². The van der Waals surface area contributed by atoms with Crippen LogP contribution in [0.15, 0.2) is 24.3 Å². The van der Waals surface area contributed by atoms with E-state index >= 15 is 0 Å². The fourth-order valence-corrected chi connectivity index (χ4v) is 4.11. The molecule has 2 aliphatic heterocycles. The summed E-state index contributed by atoms with van der Waals surface area (Å²) in [6, 6.07) is 8.63. The van der Waals surface area contributed by atoms with Crippen LogP contribution in [0.5, 0.6) is 0 Å². The van der Waals surface area contributed by atoms with E-state index < -0.39 is 0 Å². The summed E-state index contributed by atoms with van der Waals surface area (Å²) in [5, 5.41) is 6.80. The van der Waals surface area contributed by atoms with Gasteiger partial charge < -0.3 is 10.6 Å². The molecule has 3 rings (SSSR count). The molecule has 0 radical (unpaired) electrons. The van der Waals surface area contributed by atoms with Gasteiger partial charge in [-0.3, -0.25) is 4.79 Å². The number of fused-ring (bicyclic) bond motifs is 1. The average Bonchev–Trinajstić information content (AvgIpc) is 2.42. The number of amides is 1. The summed E-state index contributed by atoms with van der Waals surface area (Å²) in [6.07, 6.45) is 1.15. The quantitative estimate of drug-likeness (QED) is 0.892. The monoisotopic (exact) mass is 326 g/mol. The smallest absolute Gasteiger partial charge is 0.223 e. The van der Waals surface area contributed by atoms with E-state index in [4.69, 9.17) is 0 Å². The van der Waals surface area contributed by atoms with Gasteiger partial charge in [0.05, 0.1) is 0 Å². The third-order valence-corrected chi connectivity index (χ3v) is 5.75. The Morgan fingerprint density at radius 2 is 2.19 bits per heavy atom. The van der Waals surface area contributed by atoms with Gasteiger partial charge in [-0.15, -0.1) is 12.4 Å². The Kier molecular flexibility index (Phi) is 5.97. The van der Waals surface area contributed by atoms with Crippen LogP contribution in [0.3, 0.4) is 0 Å². The van der Waals surface area contributed by atoms with Crippen LogP contribution < -0.4 is 10.6 Å². The number of carbonyl (C=O) groups excluding carboxylic acids is 1. The zero-order chi connectivity index (χ0) is 13.9. The van der Waals surface area contributed by atoms with E-state index in [0.717, 1.165) is 31.8 Å². The van der Waals surface area contributed by atoms with Gasteiger partial charge in [-0.05, 0) is 42.3 Å². The SMILES string of the molecule is CC(C(=O)NCC1SCCc2ccccc21)C1CNC1.Cl. The Labute approximate surface area is 137 Å². The van der Waals surface area contributed by atoms with Gasteiger partial charge in [0.25, 0.3) is 0 Å². The highest BCUT2D eigenvalue weighted by Gasteiger charge is 2.29. The molecule has 0 spiro atoms. The van der Waals surface area contributed by atoms with Gasteiger partial charge in [0.2, 0.25) is 5.91 Å². The van der Waals surface area contributed by atoms with E-state index in [2.05, 4.69) is 34.9 Å². The third kappa shape index (κ3) is 3.74. The summed E-state index contributed by atoms with van der Waals surface area (Å²) in [6.45, 7) is 4.76. The Bertz CT molecular complexity index is 493. The van der Waals surface area contributed by atoms with E-state index in [0.29, 0.717) is 11.2 Å². The molecule has 0 saturated carbocycles. The van der Waals surface area contributed by atoms with Crippen LogP contribution in [-0.2, 0) is 11.2 Å². The summed E-state index contributed by atoms with van der Waals surface area (Å²) in [7, 11) is 0. The van der Waals surface area contributed by atoms with Crippen LogP contribution in [0, 0.1) is 11.8 Å². The Hall–Kier alpha value is -0.710. The molecule has 116 valence electrons. The molecule has 2 unspecified atom stereocenters. The summed E-state index contributed by atoms with van der Waals surface area (Å²) in [5.74, 6) is 2.00. The van der Waals surface area contributed by atoms with Gasteiger partial charge in [0, 0.05) is 17.7 Å². The topological polar surface area (TPSA) is 41.1 Å². The number of hydrogen-bond acceptors (Lipinski definition) is 3. The molecule has 0 aromatic heterocycles. The third-order valence-electron chi connectivity index (χ3n) is 4.49. The molecule has 21 heavy (non-hydrogen) atoms. The van der Waals surface area contributed by atoms with Crippen LogP contribution in [0.1, 0.15) is 23.3 Å². The van der Waals surface area contributed by atoms with Crippen molar-refractivity contribution in [2.24, 2.45) is 11.8 Å². The van der Waals surface area contributed by atoms with E-state index in [9.17, 15) is 4.79 Å². The maximum absolute atomic E-state index is 12.2. The van der Waals surface area contributed by atoms with Crippen molar-refractivity contribution >= 4 is 30.1 Å². The lowest BCUT2D eigenvalue weighted by molar-refractivity contribution is -0.126. The standard InChI is InChI=1S/C16H22N2OS.ClH/c1-11(13-8-17-9-13)16(19)18-10-15-14-5-3-2-4-12(14)6-7-20-15;/h2-5,11,13,15,17H,6-10H2,1H3,(H,18,19);1H. The molecule has 1 amide bonds. The maximum Gasteiger partial charge on any atom is 0.223 e. The molecule has 1 fully saturated rings. The maximum atomic E-state index is 12.2. The van der Waals surface area contributed by atoms with E-state index in [1.165, 1.54) is 11.1 Å². The molecular formula is C16H23ClN2OS. The van der Waals surface area contributed by atoms with Crippen molar-refractivity contribution in [2.75, 3.05) is 25.4 Å². The first-order valence-corrected chi connectivity index (χ1v) is 8.48. The number of benzene rings is 1. The summed E-state index contributed by atoms with van der Waals surface area (Å²) < 4.78 is 0. The number of hydrogen-bond donors (Lipinski definition) is 2. The summed E-state index contributed by atoms with van der Waals surface area (Å²) in [5.41, 5.74) is 2.85. The van der Waals surface area contributed by atoms with Crippen molar-refractivity contribution in [3.8, 4) is 0 Å². The Balaban J connectivity index is 0.00000161. The predicted molar refractivity (Wildman–Crippen MR) is 91.1 cm³/mol. The predicted octanol–water partition coefficient (Wildman–Crippen LogP) is 2.41. The lowest BCUT2D eigenvalue weighted by Gasteiger charge is -2.32. The van der Waals surface area contributed by atoms with E-state index in [1.807, 2.05) is 18.7 Å². The minimum absolute atomic E-state index is 0. The van der Waals surface area contributed by atoms with Gasteiger partial charge in [-0.2, -0.15) is 11.8 Å². The summed E-state index contributed by atoms with van der Waals surface area (Å²) >= 11 is 1.96. The molecule has 1 aromatic carbocycles. The molecule has 2 aliphatic rings. The molecule has 2 N–H and O–H groups in total. The normalized spacial score (nSPS) is 22.4. The van der Waals surface area contributed by atoms with Gasteiger partial charge >= 0.3 is 0 Å². The van der Waals surface area contributed by atoms with Crippen molar-refractivity contribution in [1.82, 2.24) is 10.6 Å². The molecule has 0 aliphatic carbocycles. The number of rotatable bonds is 4. The fraction of sp³-hybridized carbons (Fsp3) is 0.562. The number of halogens is 1. The zero-order valence-electron chi connectivity index (χ0n) is 12.3. The van der Waals surface area contributed by atoms with Crippen LogP contribution >= 0.6 is 24.2 Å². The second kappa shape index (κ2) is 7.52. The number of nitrogens with one attached hydrogen (secondary N) is 2.